The Bertz CT molecular complexity index is 900. The maximum absolute atomic E-state index is 14.9. The summed E-state index contributed by atoms with van der Waals surface area (Å²) in [6.07, 6.45) is 0.838. The van der Waals surface area contributed by atoms with Crippen LogP contribution in [-0.4, -0.2) is 13.2 Å². The van der Waals surface area contributed by atoms with Gasteiger partial charge < -0.3 is 9.05 Å². The van der Waals surface area contributed by atoms with Gasteiger partial charge in [0.2, 0.25) is 5.91 Å². The molecule has 0 unspecified atom stereocenters. The van der Waals surface area contributed by atoms with E-state index < -0.39 is 13.5 Å². The quantitative estimate of drug-likeness (QED) is 0.399. The summed E-state index contributed by atoms with van der Waals surface area (Å²) < 4.78 is 39.0. The Balaban J connectivity index is 1.87. The molecule has 0 aliphatic carbocycles. The molecule has 0 N–H and O–H groups in total. The van der Waals surface area contributed by atoms with Crippen molar-refractivity contribution in [3.8, 4) is 0 Å². The Hall–Kier alpha value is -1.52. The van der Waals surface area contributed by atoms with Crippen LogP contribution in [0.25, 0.3) is 10.1 Å². The zero-order valence-corrected chi connectivity index (χ0v) is 16.6. The van der Waals surface area contributed by atoms with E-state index in [1.165, 1.54) is 10.4 Å². The van der Waals surface area contributed by atoms with Crippen LogP contribution in [-0.2, 0) is 20.0 Å². The lowest BCUT2D eigenvalue weighted by molar-refractivity contribution is 0.190. The minimum absolute atomic E-state index is 0.139. The van der Waals surface area contributed by atoms with Crippen molar-refractivity contribution in [2.75, 3.05) is 13.2 Å². The van der Waals surface area contributed by atoms with Crippen LogP contribution >= 0.6 is 18.9 Å². The summed E-state index contributed by atoms with van der Waals surface area (Å²) in [7, 11) is -3.82. The van der Waals surface area contributed by atoms with E-state index in [9.17, 15) is 8.96 Å². The molecule has 0 saturated heterocycles. The van der Waals surface area contributed by atoms with Gasteiger partial charge in [0.05, 0.1) is 13.2 Å². The van der Waals surface area contributed by atoms with E-state index in [1.54, 1.807) is 37.3 Å². The third-order valence-corrected chi connectivity index (χ3v) is 7.19. The van der Waals surface area contributed by atoms with Gasteiger partial charge >= 0.3 is 7.60 Å². The largest absolute Gasteiger partial charge is 0.369 e. The lowest BCUT2D eigenvalue weighted by Gasteiger charge is -2.20. The Morgan fingerprint density at radius 1 is 1.04 bits per heavy atom. The summed E-state index contributed by atoms with van der Waals surface area (Å²) in [6, 6.07) is 17.6. The van der Waals surface area contributed by atoms with E-state index >= 15 is 0 Å². The molecule has 1 aromatic heterocycles. The molecule has 0 saturated carbocycles. The molecule has 0 spiro atoms. The van der Waals surface area contributed by atoms with E-state index in [2.05, 4.69) is 18.2 Å². The molecule has 138 valence electrons. The lowest BCUT2D eigenvalue weighted by Crippen LogP contribution is -2.02. The van der Waals surface area contributed by atoms with Gasteiger partial charge in [0.25, 0.3) is 0 Å². The van der Waals surface area contributed by atoms with Gasteiger partial charge in [0, 0.05) is 16.0 Å². The van der Waals surface area contributed by atoms with E-state index in [0.29, 0.717) is 5.56 Å². The van der Waals surface area contributed by atoms with Crippen LogP contribution in [0.4, 0.5) is 4.39 Å². The summed E-state index contributed by atoms with van der Waals surface area (Å²) in [4.78, 5) is 1.21. The number of alkyl halides is 1. The fourth-order valence-corrected chi connectivity index (χ4v) is 5.52. The van der Waals surface area contributed by atoms with E-state index in [0.717, 1.165) is 16.5 Å². The first-order chi connectivity index (χ1) is 12.6. The Morgan fingerprint density at radius 3 is 2.38 bits per heavy atom. The van der Waals surface area contributed by atoms with Crippen LogP contribution in [0.5, 0.6) is 0 Å². The third kappa shape index (κ3) is 4.24. The maximum atomic E-state index is 14.9. The molecule has 2 aromatic carbocycles. The van der Waals surface area contributed by atoms with Crippen LogP contribution in [0.3, 0.4) is 0 Å². The van der Waals surface area contributed by atoms with Crippen molar-refractivity contribution in [2.45, 2.75) is 26.2 Å². The number of fused-ring (bicyclic) bond motifs is 1. The molecule has 0 fully saturated rings. The first-order valence-electron chi connectivity index (χ1n) is 8.65. The smallest absolute Gasteiger partial charge is 0.307 e. The van der Waals surface area contributed by atoms with E-state index in [-0.39, 0.29) is 13.2 Å². The zero-order valence-electron chi connectivity index (χ0n) is 14.9. The number of hydrogen-bond donors (Lipinski definition) is 0. The predicted octanol–water partition coefficient (Wildman–Crippen LogP) is 6.73. The van der Waals surface area contributed by atoms with Gasteiger partial charge in [-0.3, -0.25) is 4.57 Å². The molecule has 0 amide bonds. The van der Waals surface area contributed by atoms with Gasteiger partial charge in [-0.15, -0.1) is 11.3 Å². The fourth-order valence-electron chi connectivity index (χ4n) is 2.86. The molecule has 1 atom stereocenters. The van der Waals surface area contributed by atoms with Gasteiger partial charge in [-0.2, -0.15) is 0 Å². The first-order valence-corrected chi connectivity index (χ1v) is 11.1. The molecule has 26 heavy (non-hydrogen) atoms. The molecular formula is C20H22FO3PS. The summed E-state index contributed by atoms with van der Waals surface area (Å²) in [6.45, 7) is 3.63. The topological polar surface area (TPSA) is 35.5 Å². The predicted molar refractivity (Wildman–Crippen MR) is 106 cm³/mol. The maximum Gasteiger partial charge on any atom is 0.369 e. The number of rotatable bonds is 8. The molecule has 0 aliphatic rings. The summed E-state index contributed by atoms with van der Waals surface area (Å²) in [5.41, 5.74) is 1.56. The number of benzene rings is 2. The van der Waals surface area contributed by atoms with E-state index in [1.807, 2.05) is 24.3 Å². The van der Waals surface area contributed by atoms with Crippen LogP contribution in [0, 0.1) is 0 Å². The lowest BCUT2D eigenvalue weighted by atomic mass is 10.1. The highest BCUT2D eigenvalue weighted by Gasteiger charge is 2.37. The molecule has 3 rings (SSSR count). The average Bonchev–Trinajstić information content (AvgIpc) is 3.03. The second-order valence-corrected chi connectivity index (χ2v) is 9.10. The highest BCUT2D eigenvalue weighted by Crippen LogP contribution is 2.61. The minimum Gasteiger partial charge on any atom is -0.307 e. The van der Waals surface area contributed by atoms with Crippen molar-refractivity contribution in [3.05, 3.63) is 70.6 Å². The number of hydrogen-bond acceptors (Lipinski definition) is 4. The second kappa shape index (κ2) is 8.45. The average molecular weight is 392 g/mol. The minimum atomic E-state index is -3.82. The highest BCUT2D eigenvalue weighted by molar-refractivity contribution is 7.54. The highest BCUT2D eigenvalue weighted by atomic mass is 32.1. The molecule has 0 aliphatic heterocycles. The first kappa shape index (κ1) is 19.2. The molecule has 3 aromatic rings. The number of halogens is 1. The Kier molecular flexibility index (Phi) is 6.25. The Labute approximate surface area is 157 Å². The normalized spacial score (nSPS) is 13.2. The van der Waals surface area contributed by atoms with Gasteiger partial charge in [-0.25, -0.2) is 4.39 Å². The van der Waals surface area contributed by atoms with Gasteiger partial charge in [0.15, 0.2) is 0 Å². The fraction of sp³-hybridized carbons (Fsp3) is 0.300. The standard InChI is InChI=1S/C20H22FO3PS/c1-3-23-25(22,24-4-2)20(21)16-10-11-19-17(13-16)14-18(26-19)12-15-8-6-5-7-9-15/h5-11,13-14,20H,3-4,12H2,1-2H3/t20-/m1/s1. The zero-order chi connectivity index (χ0) is 18.6. The summed E-state index contributed by atoms with van der Waals surface area (Å²) in [5, 5.41) is 0.945. The second-order valence-electron chi connectivity index (χ2n) is 5.88. The van der Waals surface area contributed by atoms with E-state index in [4.69, 9.17) is 9.05 Å². The van der Waals surface area contributed by atoms with Crippen molar-refractivity contribution >= 4 is 29.0 Å². The molecule has 0 radical (unpaired) electrons. The van der Waals surface area contributed by atoms with Crippen molar-refractivity contribution < 1.29 is 18.0 Å². The van der Waals surface area contributed by atoms with Crippen molar-refractivity contribution in [1.82, 2.24) is 0 Å². The van der Waals surface area contributed by atoms with Gasteiger partial charge in [-0.05, 0) is 48.6 Å². The summed E-state index contributed by atoms with van der Waals surface area (Å²) in [5.74, 6) is -1.79. The molecule has 1 heterocycles. The van der Waals surface area contributed by atoms with Gasteiger partial charge in [0.1, 0.15) is 0 Å². The SMILES string of the molecule is CCOP(=O)(OCC)[C@@H](F)c1ccc2sc(Cc3ccccc3)cc2c1. The molecule has 3 nitrogen and oxygen atoms in total. The van der Waals surface area contributed by atoms with Crippen LogP contribution in [0.2, 0.25) is 0 Å². The van der Waals surface area contributed by atoms with Crippen molar-refractivity contribution in [2.24, 2.45) is 0 Å². The van der Waals surface area contributed by atoms with Crippen molar-refractivity contribution in [3.63, 3.8) is 0 Å². The number of thiophene rings is 1. The third-order valence-electron chi connectivity index (χ3n) is 3.98. The molecular weight excluding hydrogens is 370 g/mol. The Morgan fingerprint density at radius 2 is 1.73 bits per heavy atom. The van der Waals surface area contributed by atoms with Crippen molar-refractivity contribution in [1.29, 1.82) is 0 Å². The monoisotopic (exact) mass is 392 g/mol. The van der Waals surface area contributed by atoms with Crippen LogP contribution < -0.4 is 0 Å². The molecule has 0 bridgehead atoms. The van der Waals surface area contributed by atoms with Gasteiger partial charge in [-0.1, -0.05) is 36.4 Å². The summed E-state index contributed by atoms with van der Waals surface area (Å²) >= 11 is 1.69. The van der Waals surface area contributed by atoms with Crippen LogP contribution in [0.15, 0.2) is 54.6 Å². The molecule has 6 heteroatoms. The van der Waals surface area contributed by atoms with Crippen LogP contribution in [0.1, 0.15) is 35.8 Å².